The zero-order chi connectivity index (χ0) is 9.54. The lowest BCUT2D eigenvalue weighted by molar-refractivity contribution is 0.174. The summed E-state index contributed by atoms with van der Waals surface area (Å²) in [6.07, 6.45) is 4.17. The predicted molar refractivity (Wildman–Crippen MR) is 53.1 cm³/mol. The van der Waals surface area contributed by atoms with Crippen molar-refractivity contribution in [1.82, 2.24) is 4.90 Å². The van der Waals surface area contributed by atoms with Gasteiger partial charge in [0.05, 0.1) is 0 Å². The second kappa shape index (κ2) is 2.67. The van der Waals surface area contributed by atoms with Gasteiger partial charge >= 0.3 is 0 Å². The number of benzene rings is 1. The monoisotopic (exact) mass is 189 g/mol. The Hall–Kier alpha value is -1.64. The number of hydrogen-bond acceptors (Lipinski definition) is 3. The lowest BCUT2D eigenvalue weighted by Gasteiger charge is -2.20. The van der Waals surface area contributed by atoms with Crippen molar-refractivity contribution in [3.63, 3.8) is 0 Å². The molecule has 14 heavy (non-hydrogen) atoms. The number of rotatable bonds is 0. The maximum absolute atomic E-state index is 5.33. The van der Waals surface area contributed by atoms with E-state index in [0.717, 1.165) is 18.0 Å². The summed E-state index contributed by atoms with van der Waals surface area (Å²) in [5, 5.41) is 0. The van der Waals surface area contributed by atoms with Crippen LogP contribution in [0.15, 0.2) is 18.3 Å². The third-order valence-electron chi connectivity index (χ3n) is 2.56. The lowest BCUT2D eigenvalue weighted by Crippen LogP contribution is -2.14. The Morgan fingerprint density at radius 1 is 1.21 bits per heavy atom. The average Bonchev–Trinajstić information content (AvgIpc) is 2.61. The largest absolute Gasteiger partial charge is 0.454 e. The molecule has 2 aliphatic heterocycles. The van der Waals surface area contributed by atoms with E-state index in [4.69, 9.17) is 9.47 Å². The van der Waals surface area contributed by atoms with E-state index in [2.05, 4.69) is 30.3 Å². The summed E-state index contributed by atoms with van der Waals surface area (Å²) >= 11 is 0. The van der Waals surface area contributed by atoms with Crippen LogP contribution in [0.3, 0.4) is 0 Å². The summed E-state index contributed by atoms with van der Waals surface area (Å²) in [6.45, 7) is 1.28. The zero-order valence-corrected chi connectivity index (χ0v) is 7.99. The van der Waals surface area contributed by atoms with E-state index in [1.54, 1.807) is 0 Å². The first-order valence-electron chi connectivity index (χ1n) is 4.64. The van der Waals surface area contributed by atoms with Gasteiger partial charge in [-0.15, -0.1) is 0 Å². The fourth-order valence-corrected chi connectivity index (χ4v) is 1.82. The molecule has 3 rings (SSSR count). The predicted octanol–water partition coefficient (Wildman–Crippen LogP) is 1.83. The fourth-order valence-electron chi connectivity index (χ4n) is 1.82. The topological polar surface area (TPSA) is 21.7 Å². The third-order valence-corrected chi connectivity index (χ3v) is 2.56. The number of fused-ring (bicyclic) bond motifs is 2. The van der Waals surface area contributed by atoms with E-state index < -0.39 is 0 Å². The van der Waals surface area contributed by atoms with Gasteiger partial charge in [0.25, 0.3) is 0 Å². The number of hydrogen-bond donors (Lipinski definition) is 0. The quantitative estimate of drug-likeness (QED) is 0.621. The first kappa shape index (κ1) is 7.74. The molecule has 0 N–H and O–H groups in total. The van der Waals surface area contributed by atoms with Crippen LogP contribution >= 0.6 is 0 Å². The van der Waals surface area contributed by atoms with Gasteiger partial charge in [0.2, 0.25) is 6.79 Å². The molecule has 0 aliphatic carbocycles. The standard InChI is InChI=1S/C11H11NO2/c1-12-3-2-8-4-10-11(14-7-13-10)5-9(8)6-12/h2-5H,6-7H2,1H3. The molecule has 2 aliphatic rings. The molecule has 0 spiro atoms. The van der Waals surface area contributed by atoms with Crippen molar-refractivity contribution in [2.45, 2.75) is 6.54 Å². The van der Waals surface area contributed by atoms with E-state index in [-0.39, 0.29) is 0 Å². The van der Waals surface area contributed by atoms with Crippen molar-refractivity contribution in [1.29, 1.82) is 0 Å². The molecule has 1 aromatic carbocycles. The molecule has 0 bridgehead atoms. The van der Waals surface area contributed by atoms with E-state index in [1.165, 1.54) is 11.1 Å². The van der Waals surface area contributed by atoms with E-state index in [9.17, 15) is 0 Å². The summed E-state index contributed by atoms with van der Waals surface area (Å²) in [7, 11) is 2.06. The lowest BCUT2D eigenvalue weighted by atomic mass is 10.0. The Labute approximate surface area is 82.5 Å². The second-order valence-electron chi connectivity index (χ2n) is 3.64. The van der Waals surface area contributed by atoms with Gasteiger partial charge in [-0.2, -0.15) is 0 Å². The third kappa shape index (κ3) is 1.05. The van der Waals surface area contributed by atoms with Crippen LogP contribution in [0, 0.1) is 0 Å². The molecule has 0 atom stereocenters. The first-order chi connectivity index (χ1) is 6.83. The molecule has 1 aromatic rings. The molecule has 2 heterocycles. The van der Waals surface area contributed by atoms with Crippen molar-refractivity contribution >= 4 is 6.08 Å². The number of ether oxygens (including phenoxy) is 2. The molecular formula is C11H11NO2. The molecule has 3 heteroatoms. The Bertz CT molecular complexity index is 412. The molecule has 0 amide bonds. The average molecular weight is 189 g/mol. The van der Waals surface area contributed by atoms with Crippen LogP contribution in [0.25, 0.3) is 6.08 Å². The van der Waals surface area contributed by atoms with Crippen molar-refractivity contribution in [3.05, 3.63) is 29.5 Å². The van der Waals surface area contributed by atoms with Crippen molar-refractivity contribution in [3.8, 4) is 11.5 Å². The molecule has 0 saturated heterocycles. The highest BCUT2D eigenvalue weighted by Crippen LogP contribution is 2.36. The van der Waals surface area contributed by atoms with E-state index >= 15 is 0 Å². The van der Waals surface area contributed by atoms with Crippen LogP contribution in [-0.2, 0) is 6.54 Å². The van der Waals surface area contributed by atoms with Gasteiger partial charge in [-0.25, -0.2) is 0 Å². The summed E-state index contributed by atoms with van der Waals surface area (Å²) < 4.78 is 10.7. The molecular weight excluding hydrogens is 178 g/mol. The van der Waals surface area contributed by atoms with Crippen molar-refractivity contribution < 1.29 is 9.47 Å². The van der Waals surface area contributed by atoms with Crippen LogP contribution in [0.1, 0.15) is 11.1 Å². The summed E-state index contributed by atoms with van der Waals surface area (Å²) in [5.41, 5.74) is 2.52. The highest BCUT2D eigenvalue weighted by molar-refractivity contribution is 5.62. The van der Waals surface area contributed by atoms with Crippen molar-refractivity contribution in [2.24, 2.45) is 0 Å². The van der Waals surface area contributed by atoms with Gasteiger partial charge in [-0.05, 0) is 35.5 Å². The van der Waals surface area contributed by atoms with Crippen LogP contribution < -0.4 is 9.47 Å². The Kier molecular flexibility index (Phi) is 1.48. The first-order valence-corrected chi connectivity index (χ1v) is 4.64. The molecule has 0 saturated carbocycles. The highest BCUT2D eigenvalue weighted by atomic mass is 16.7. The Morgan fingerprint density at radius 3 is 2.86 bits per heavy atom. The minimum absolute atomic E-state index is 0.345. The molecule has 72 valence electrons. The normalized spacial score (nSPS) is 17.1. The molecule has 0 fully saturated rings. The second-order valence-corrected chi connectivity index (χ2v) is 3.64. The van der Waals surface area contributed by atoms with Crippen LogP contribution in [-0.4, -0.2) is 18.7 Å². The Morgan fingerprint density at radius 2 is 2.00 bits per heavy atom. The SMILES string of the molecule is CN1C=Cc2cc3c(cc2C1)OCO3. The van der Waals surface area contributed by atoms with E-state index in [0.29, 0.717) is 6.79 Å². The molecule has 3 nitrogen and oxygen atoms in total. The summed E-state index contributed by atoms with van der Waals surface area (Å²) in [5.74, 6) is 1.73. The maximum Gasteiger partial charge on any atom is 0.231 e. The van der Waals surface area contributed by atoms with Gasteiger partial charge in [-0.3, -0.25) is 0 Å². The van der Waals surface area contributed by atoms with Gasteiger partial charge in [0.1, 0.15) is 0 Å². The Balaban J connectivity index is 2.12. The zero-order valence-electron chi connectivity index (χ0n) is 7.99. The summed E-state index contributed by atoms with van der Waals surface area (Å²) in [6, 6.07) is 4.11. The molecule has 0 aromatic heterocycles. The fraction of sp³-hybridized carbons (Fsp3) is 0.273. The van der Waals surface area contributed by atoms with Gasteiger partial charge in [-0.1, -0.05) is 0 Å². The highest BCUT2D eigenvalue weighted by Gasteiger charge is 2.17. The van der Waals surface area contributed by atoms with Gasteiger partial charge < -0.3 is 14.4 Å². The van der Waals surface area contributed by atoms with E-state index in [1.807, 2.05) is 6.07 Å². The minimum atomic E-state index is 0.345. The minimum Gasteiger partial charge on any atom is -0.454 e. The maximum atomic E-state index is 5.33. The summed E-state index contributed by atoms with van der Waals surface area (Å²) in [4.78, 5) is 2.14. The number of nitrogens with zero attached hydrogens (tertiary/aromatic N) is 1. The smallest absolute Gasteiger partial charge is 0.231 e. The molecule has 0 unspecified atom stereocenters. The van der Waals surface area contributed by atoms with Gasteiger partial charge in [0.15, 0.2) is 11.5 Å². The van der Waals surface area contributed by atoms with Crippen LogP contribution in [0.2, 0.25) is 0 Å². The van der Waals surface area contributed by atoms with Crippen LogP contribution in [0.4, 0.5) is 0 Å². The molecule has 0 radical (unpaired) electrons. The van der Waals surface area contributed by atoms with Crippen LogP contribution in [0.5, 0.6) is 11.5 Å². The van der Waals surface area contributed by atoms with Crippen molar-refractivity contribution in [2.75, 3.05) is 13.8 Å². The van der Waals surface area contributed by atoms with Gasteiger partial charge in [0, 0.05) is 13.6 Å².